The van der Waals surface area contributed by atoms with Crippen molar-refractivity contribution in [2.45, 2.75) is 24.8 Å². The van der Waals surface area contributed by atoms with Crippen LogP contribution in [0.3, 0.4) is 0 Å². The van der Waals surface area contributed by atoms with Crippen molar-refractivity contribution < 1.29 is 17.9 Å². The zero-order chi connectivity index (χ0) is 15.9. The third-order valence-corrected chi connectivity index (χ3v) is 4.50. The van der Waals surface area contributed by atoms with E-state index in [2.05, 4.69) is 4.72 Å². The van der Waals surface area contributed by atoms with E-state index in [1.54, 1.807) is 19.2 Å². The summed E-state index contributed by atoms with van der Waals surface area (Å²) in [6, 6.07) is 6.03. The molecular weight excluding hydrogens is 292 g/mol. The van der Waals surface area contributed by atoms with E-state index in [0.29, 0.717) is 19.0 Å². The third kappa shape index (κ3) is 6.01. The van der Waals surface area contributed by atoms with Gasteiger partial charge in [0.1, 0.15) is 12.4 Å². The lowest BCUT2D eigenvalue weighted by Gasteiger charge is -2.16. The lowest BCUT2D eigenvalue weighted by molar-refractivity contribution is 0.146. The van der Waals surface area contributed by atoms with Gasteiger partial charge in [-0.05, 0) is 30.2 Å². The molecule has 0 amide bonds. The summed E-state index contributed by atoms with van der Waals surface area (Å²) in [4.78, 5) is 0.192. The zero-order valence-electron chi connectivity index (χ0n) is 12.7. The Kier molecular flexibility index (Phi) is 7.10. The molecule has 1 atom stereocenters. The van der Waals surface area contributed by atoms with Crippen LogP contribution in [-0.2, 0) is 14.8 Å². The second-order valence-electron chi connectivity index (χ2n) is 5.07. The van der Waals surface area contributed by atoms with Crippen molar-refractivity contribution in [3.05, 3.63) is 24.3 Å². The number of hydrogen-bond acceptors (Lipinski definition) is 5. The van der Waals surface area contributed by atoms with Crippen LogP contribution in [0.2, 0.25) is 0 Å². The SMILES string of the molecule is COCCOc1ccc(S(=O)(=O)NCC(N)C(C)C)cc1. The van der Waals surface area contributed by atoms with Crippen LogP contribution in [0.1, 0.15) is 13.8 Å². The van der Waals surface area contributed by atoms with Gasteiger partial charge in [-0.2, -0.15) is 0 Å². The van der Waals surface area contributed by atoms with Crippen LogP contribution >= 0.6 is 0 Å². The van der Waals surface area contributed by atoms with Crippen LogP contribution in [0.25, 0.3) is 0 Å². The molecule has 0 radical (unpaired) electrons. The fourth-order valence-corrected chi connectivity index (χ4v) is 2.56. The summed E-state index contributed by atoms with van der Waals surface area (Å²) in [5.74, 6) is 0.814. The molecule has 21 heavy (non-hydrogen) atoms. The summed E-state index contributed by atoms with van der Waals surface area (Å²) < 4.78 is 37.0. The van der Waals surface area contributed by atoms with Gasteiger partial charge in [0.2, 0.25) is 10.0 Å². The van der Waals surface area contributed by atoms with Gasteiger partial charge in [-0.15, -0.1) is 0 Å². The smallest absolute Gasteiger partial charge is 0.240 e. The van der Waals surface area contributed by atoms with E-state index in [0.717, 1.165) is 0 Å². The molecular formula is C14H24N2O4S. The number of rotatable bonds is 9. The first-order valence-corrected chi connectivity index (χ1v) is 8.32. The molecule has 3 N–H and O–H groups in total. The maximum atomic E-state index is 12.1. The second-order valence-corrected chi connectivity index (χ2v) is 6.84. The number of hydrogen-bond donors (Lipinski definition) is 2. The lowest BCUT2D eigenvalue weighted by atomic mass is 10.1. The van der Waals surface area contributed by atoms with Gasteiger partial charge in [0.05, 0.1) is 11.5 Å². The van der Waals surface area contributed by atoms with Gasteiger partial charge in [0, 0.05) is 19.7 Å². The standard InChI is InChI=1S/C14H24N2O4S/c1-11(2)14(15)10-16-21(17,18)13-6-4-12(5-7-13)20-9-8-19-3/h4-7,11,14,16H,8-10,15H2,1-3H3. The molecule has 1 rings (SSSR count). The molecule has 0 bridgehead atoms. The molecule has 0 aliphatic heterocycles. The van der Waals surface area contributed by atoms with E-state index in [1.807, 2.05) is 13.8 Å². The molecule has 0 spiro atoms. The fraction of sp³-hybridized carbons (Fsp3) is 0.571. The average Bonchev–Trinajstić information content (AvgIpc) is 2.45. The minimum atomic E-state index is -3.54. The van der Waals surface area contributed by atoms with Gasteiger partial charge < -0.3 is 15.2 Å². The molecule has 0 saturated heterocycles. The van der Waals surface area contributed by atoms with Crippen LogP contribution in [0.4, 0.5) is 0 Å². The Hall–Kier alpha value is -1.15. The molecule has 1 aromatic rings. The topological polar surface area (TPSA) is 90.6 Å². The average molecular weight is 316 g/mol. The van der Waals surface area contributed by atoms with E-state index in [9.17, 15) is 8.42 Å². The van der Waals surface area contributed by atoms with Crippen molar-refractivity contribution in [1.29, 1.82) is 0 Å². The van der Waals surface area contributed by atoms with E-state index < -0.39 is 10.0 Å². The summed E-state index contributed by atoms with van der Waals surface area (Å²) in [5.41, 5.74) is 5.84. The van der Waals surface area contributed by atoms with Crippen LogP contribution in [0.5, 0.6) is 5.75 Å². The summed E-state index contributed by atoms with van der Waals surface area (Å²) in [7, 11) is -1.95. The Labute approximate surface area is 126 Å². The molecule has 0 aliphatic rings. The van der Waals surface area contributed by atoms with Crippen molar-refractivity contribution in [3.8, 4) is 5.75 Å². The van der Waals surface area contributed by atoms with Crippen LogP contribution < -0.4 is 15.2 Å². The first kappa shape index (κ1) is 17.9. The highest BCUT2D eigenvalue weighted by molar-refractivity contribution is 7.89. The maximum Gasteiger partial charge on any atom is 0.240 e. The Morgan fingerprint density at radius 1 is 1.19 bits per heavy atom. The summed E-state index contributed by atoms with van der Waals surface area (Å²) in [5, 5.41) is 0. The molecule has 0 fully saturated rings. The minimum absolute atomic E-state index is 0.192. The largest absolute Gasteiger partial charge is 0.491 e. The minimum Gasteiger partial charge on any atom is -0.491 e. The summed E-state index contributed by atoms with van der Waals surface area (Å²) in [6.45, 7) is 5.01. The molecule has 120 valence electrons. The molecule has 1 aromatic carbocycles. The van der Waals surface area contributed by atoms with Gasteiger partial charge in [-0.25, -0.2) is 13.1 Å². The van der Waals surface area contributed by atoms with Gasteiger partial charge in [0.15, 0.2) is 0 Å². The molecule has 0 saturated carbocycles. The third-order valence-electron chi connectivity index (χ3n) is 3.06. The number of ether oxygens (including phenoxy) is 2. The van der Waals surface area contributed by atoms with E-state index in [4.69, 9.17) is 15.2 Å². The van der Waals surface area contributed by atoms with Crippen molar-refractivity contribution in [2.75, 3.05) is 26.9 Å². The quantitative estimate of drug-likeness (QED) is 0.663. The van der Waals surface area contributed by atoms with Crippen molar-refractivity contribution in [1.82, 2.24) is 4.72 Å². The van der Waals surface area contributed by atoms with E-state index in [1.165, 1.54) is 12.1 Å². The predicted octanol–water partition coefficient (Wildman–Crippen LogP) is 0.973. The summed E-state index contributed by atoms with van der Waals surface area (Å²) in [6.07, 6.45) is 0. The Morgan fingerprint density at radius 3 is 2.33 bits per heavy atom. The van der Waals surface area contributed by atoms with E-state index >= 15 is 0 Å². The van der Waals surface area contributed by atoms with Crippen LogP contribution in [-0.4, -0.2) is 41.3 Å². The van der Waals surface area contributed by atoms with Gasteiger partial charge >= 0.3 is 0 Å². The first-order valence-electron chi connectivity index (χ1n) is 6.84. The Morgan fingerprint density at radius 2 is 1.81 bits per heavy atom. The van der Waals surface area contributed by atoms with Crippen molar-refractivity contribution >= 4 is 10.0 Å². The monoisotopic (exact) mass is 316 g/mol. The zero-order valence-corrected chi connectivity index (χ0v) is 13.5. The van der Waals surface area contributed by atoms with Gasteiger partial charge in [-0.3, -0.25) is 0 Å². The molecule has 0 aromatic heterocycles. The normalized spacial score (nSPS) is 13.4. The highest BCUT2D eigenvalue weighted by Crippen LogP contribution is 2.16. The van der Waals surface area contributed by atoms with Crippen molar-refractivity contribution in [3.63, 3.8) is 0 Å². The Bertz CT molecular complexity index is 514. The molecule has 6 nitrogen and oxygen atoms in total. The van der Waals surface area contributed by atoms with Crippen LogP contribution in [0, 0.1) is 5.92 Å². The highest BCUT2D eigenvalue weighted by atomic mass is 32.2. The number of sulfonamides is 1. The number of benzene rings is 1. The van der Waals surface area contributed by atoms with Crippen molar-refractivity contribution in [2.24, 2.45) is 11.7 Å². The second kappa shape index (κ2) is 8.33. The number of nitrogens with two attached hydrogens (primary N) is 1. The Balaban J connectivity index is 2.62. The van der Waals surface area contributed by atoms with Gasteiger partial charge in [0.25, 0.3) is 0 Å². The first-order chi connectivity index (χ1) is 9.86. The maximum absolute atomic E-state index is 12.1. The van der Waals surface area contributed by atoms with E-state index in [-0.39, 0.29) is 23.4 Å². The fourth-order valence-electron chi connectivity index (χ4n) is 1.48. The van der Waals surface area contributed by atoms with Gasteiger partial charge in [-0.1, -0.05) is 13.8 Å². The molecule has 0 heterocycles. The molecule has 0 aliphatic carbocycles. The molecule has 7 heteroatoms. The molecule has 1 unspecified atom stereocenters. The summed E-state index contributed by atoms with van der Waals surface area (Å²) >= 11 is 0. The lowest BCUT2D eigenvalue weighted by Crippen LogP contribution is -2.40. The van der Waals surface area contributed by atoms with Crippen LogP contribution in [0.15, 0.2) is 29.2 Å². The highest BCUT2D eigenvalue weighted by Gasteiger charge is 2.16. The number of methoxy groups -OCH3 is 1. The number of nitrogens with one attached hydrogen (secondary N) is 1. The predicted molar refractivity (Wildman–Crippen MR) is 81.8 cm³/mol.